The lowest BCUT2D eigenvalue weighted by molar-refractivity contribution is -0.486. The Morgan fingerprint density at radius 1 is 1.24 bits per heavy atom. The van der Waals surface area contributed by atoms with Gasteiger partial charge in [-0.2, -0.15) is 8.42 Å². The molecule has 0 fully saturated rings. The van der Waals surface area contributed by atoms with Crippen molar-refractivity contribution >= 4 is 15.9 Å². The average Bonchev–Trinajstić information content (AvgIpc) is 2.61. The summed E-state index contributed by atoms with van der Waals surface area (Å²) >= 11 is 0. The molecule has 0 spiro atoms. The molecule has 17 heavy (non-hydrogen) atoms. The van der Waals surface area contributed by atoms with Crippen LogP contribution in [0.3, 0.4) is 0 Å². The molecule has 0 atom stereocenters. The van der Waals surface area contributed by atoms with Crippen molar-refractivity contribution in [1.82, 2.24) is 4.31 Å². The highest BCUT2D eigenvalue weighted by Crippen LogP contribution is 2.17. The largest absolute Gasteiger partial charge is 1.00 e. The number of nitrogens with zero attached hydrogens (tertiary/aromatic N) is 2. The quantitative estimate of drug-likeness (QED) is 0.439. The van der Waals surface area contributed by atoms with Crippen molar-refractivity contribution in [2.45, 2.75) is 11.8 Å². The fraction of sp³-hybridized carbons (Fsp3) is 0.364. The highest BCUT2D eigenvalue weighted by molar-refractivity contribution is 7.89. The summed E-state index contributed by atoms with van der Waals surface area (Å²) < 4.78 is 27.9. The van der Waals surface area contributed by atoms with Gasteiger partial charge in [0.2, 0.25) is 0 Å². The molecule has 0 bridgehead atoms. The van der Waals surface area contributed by atoms with E-state index in [-0.39, 0.29) is 24.0 Å². The third-order valence-corrected chi connectivity index (χ3v) is 4.78. The van der Waals surface area contributed by atoms with Gasteiger partial charge in [0, 0.05) is 6.92 Å². The van der Waals surface area contributed by atoms with Crippen molar-refractivity contribution in [2.24, 2.45) is 0 Å². The summed E-state index contributed by atoms with van der Waals surface area (Å²) in [6.45, 7) is 3.10. The van der Waals surface area contributed by atoms with Crippen LogP contribution in [0, 0.1) is 0 Å². The minimum Gasteiger partial charge on any atom is -1.00 e. The van der Waals surface area contributed by atoms with Crippen LogP contribution in [0.5, 0.6) is 0 Å². The van der Waals surface area contributed by atoms with Crippen molar-refractivity contribution in [2.75, 3.05) is 20.1 Å². The second kappa shape index (κ2) is 5.34. The van der Waals surface area contributed by atoms with Gasteiger partial charge in [-0.1, -0.05) is 18.2 Å². The monoisotopic (exact) mass is 366 g/mol. The Morgan fingerprint density at radius 2 is 1.82 bits per heavy atom. The maximum Gasteiger partial charge on any atom is 0.330 e. The van der Waals surface area contributed by atoms with Crippen LogP contribution in [0.4, 0.5) is 0 Å². The number of likely N-dealkylation sites (N-methyl/N-ethyl adjacent to an activating group) is 1. The fourth-order valence-corrected chi connectivity index (χ4v) is 3.33. The van der Waals surface area contributed by atoms with Crippen molar-refractivity contribution in [1.29, 1.82) is 0 Å². The third kappa shape index (κ3) is 2.62. The van der Waals surface area contributed by atoms with Crippen LogP contribution in [-0.4, -0.2) is 43.3 Å². The minimum atomic E-state index is -3.37. The number of sulfonamides is 1. The van der Waals surface area contributed by atoms with E-state index >= 15 is 0 Å². The summed E-state index contributed by atoms with van der Waals surface area (Å²) in [6, 6.07) is 8.54. The van der Waals surface area contributed by atoms with Gasteiger partial charge in [0.25, 0.3) is 5.84 Å². The Kier molecular flexibility index (Phi) is 4.54. The average molecular weight is 366 g/mol. The summed E-state index contributed by atoms with van der Waals surface area (Å²) in [6.07, 6.45) is 0. The van der Waals surface area contributed by atoms with E-state index in [0.29, 0.717) is 11.4 Å². The van der Waals surface area contributed by atoms with Crippen LogP contribution in [0.15, 0.2) is 35.2 Å². The van der Waals surface area contributed by atoms with Crippen LogP contribution in [0.2, 0.25) is 0 Å². The highest BCUT2D eigenvalue weighted by atomic mass is 127. The molecule has 1 aromatic carbocycles. The molecule has 1 aliphatic heterocycles. The van der Waals surface area contributed by atoms with Gasteiger partial charge in [0.05, 0.1) is 7.05 Å². The minimum absolute atomic E-state index is 0. The van der Waals surface area contributed by atoms with E-state index in [0.717, 1.165) is 12.4 Å². The molecule has 2 rings (SSSR count). The molecule has 0 aliphatic carbocycles. The molecule has 0 aromatic heterocycles. The number of benzene rings is 1. The van der Waals surface area contributed by atoms with E-state index in [1.165, 1.54) is 4.31 Å². The van der Waals surface area contributed by atoms with Crippen LogP contribution in [0.1, 0.15) is 6.92 Å². The van der Waals surface area contributed by atoms with Gasteiger partial charge in [-0.05, 0) is 12.1 Å². The summed E-state index contributed by atoms with van der Waals surface area (Å²) in [5, 5.41) is 0. The first-order valence-corrected chi connectivity index (χ1v) is 6.60. The molecule has 0 amide bonds. The summed E-state index contributed by atoms with van der Waals surface area (Å²) in [5.74, 6) is 0.781. The highest BCUT2D eigenvalue weighted by Gasteiger charge is 2.37. The smallest absolute Gasteiger partial charge is 0.330 e. The Morgan fingerprint density at radius 3 is 2.29 bits per heavy atom. The predicted molar refractivity (Wildman–Crippen MR) is 62.1 cm³/mol. The second-order valence-electron chi connectivity index (χ2n) is 3.86. The molecule has 6 heteroatoms. The van der Waals surface area contributed by atoms with Crippen molar-refractivity contribution < 1.29 is 37.0 Å². The lowest BCUT2D eigenvalue weighted by atomic mass is 10.4. The zero-order valence-electron chi connectivity index (χ0n) is 9.80. The Hall–Kier alpha value is -0.630. The standard InChI is InChI=1S/C11H15N2O2S.HI/c1-10-12(2)8-9-13(10)16(14,15)11-6-4-3-5-7-11;/h3-7H,8-9H2,1-2H3;1H/q+1;/p-1. The van der Waals surface area contributed by atoms with E-state index in [1.807, 2.05) is 24.6 Å². The lowest BCUT2D eigenvalue weighted by Crippen LogP contribution is -3.00. The van der Waals surface area contributed by atoms with Gasteiger partial charge in [-0.25, -0.2) is 0 Å². The van der Waals surface area contributed by atoms with Crippen LogP contribution < -0.4 is 24.0 Å². The maximum absolute atomic E-state index is 12.3. The third-order valence-electron chi connectivity index (χ3n) is 2.88. The maximum atomic E-state index is 12.3. The molecular weight excluding hydrogens is 351 g/mol. The van der Waals surface area contributed by atoms with E-state index in [9.17, 15) is 8.42 Å². The van der Waals surface area contributed by atoms with E-state index < -0.39 is 10.0 Å². The predicted octanol–water partition coefficient (Wildman–Crippen LogP) is -2.24. The molecule has 0 radical (unpaired) electrons. The van der Waals surface area contributed by atoms with Gasteiger partial charge in [-0.15, -0.1) is 4.31 Å². The lowest BCUT2D eigenvalue weighted by Gasteiger charge is -2.10. The number of halogens is 1. The SMILES string of the molecule is CC1=[N+](C)CCN1S(=O)(=O)c1ccccc1.[I-]. The van der Waals surface area contributed by atoms with E-state index in [1.54, 1.807) is 24.3 Å². The van der Waals surface area contributed by atoms with Crippen LogP contribution >= 0.6 is 0 Å². The molecular formula is C11H15IN2O2S. The van der Waals surface area contributed by atoms with Crippen LogP contribution in [-0.2, 0) is 10.0 Å². The zero-order valence-corrected chi connectivity index (χ0v) is 12.8. The van der Waals surface area contributed by atoms with Gasteiger partial charge in [0.1, 0.15) is 18.0 Å². The molecule has 0 unspecified atom stereocenters. The van der Waals surface area contributed by atoms with Crippen molar-refractivity contribution in [3.05, 3.63) is 30.3 Å². The van der Waals surface area contributed by atoms with Gasteiger partial charge >= 0.3 is 10.0 Å². The first-order chi connectivity index (χ1) is 7.53. The molecule has 1 heterocycles. The summed E-state index contributed by atoms with van der Waals surface area (Å²) in [4.78, 5) is 0.352. The van der Waals surface area contributed by atoms with Gasteiger partial charge < -0.3 is 24.0 Å². The van der Waals surface area contributed by atoms with Crippen LogP contribution in [0.25, 0.3) is 0 Å². The molecule has 0 saturated carbocycles. The summed E-state index contributed by atoms with van der Waals surface area (Å²) in [7, 11) is -1.47. The normalized spacial score (nSPS) is 16.0. The number of hydrogen-bond acceptors (Lipinski definition) is 2. The van der Waals surface area contributed by atoms with E-state index in [4.69, 9.17) is 0 Å². The molecule has 1 aromatic rings. The molecule has 0 N–H and O–H groups in total. The van der Waals surface area contributed by atoms with Gasteiger partial charge in [-0.3, -0.25) is 4.58 Å². The number of hydrogen-bond donors (Lipinski definition) is 0. The van der Waals surface area contributed by atoms with Gasteiger partial charge in [0.15, 0.2) is 0 Å². The zero-order chi connectivity index (χ0) is 11.8. The molecule has 4 nitrogen and oxygen atoms in total. The first kappa shape index (κ1) is 14.4. The van der Waals surface area contributed by atoms with Crippen molar-refractivity contribution in [3.8, 4) is 0 Å². The fourth-order valence-electron chi connectivity index (χ4n) is 1.77. The van der Waals surface area contributed by atoms with E-state index in [2.05, 4.69) is 0 Å². The number of amidine groups is 1. The summed E-state index contributed by atoms with van der Waals surface area (Å²) in [5.41, 5.74) is 0. The second-order valence-corrected chi connectivity index (χ2v) is 5.72. The molecule has 1 aliphatic rings. The Bertz CT molecular complexity index is 526. The Labute approximate surface area is 119 Å². The Balaban J connectivity index is 0.00000144. The van der Waals surface area contributed by atoms with Crippen molar-refractivity contribution in [3.63, 3.8) is 0 Å². The topological polar surface area (TPSA) is 40.4 Å². The number of rotatable bonds is 2. The molecule has 0 saturated heterocycles. The first-order valence-electron chi connectivity index (χ1n) is 5.16. The molecule has 94 valence electrons.